The number of rotatable bonds is 8. The topological polar surface area (TPSA) is 147 Å². The van der Waals surface area contributed by atoms with E-state index in [1.54, 1.807) is 13.0 Å². The van der Waals surface area contributed by atoms with Crippen molar-refractivity contribution in [3.8, 4) is 5.19 Å². The average Bonchev–Trinajstić information content (AvgIpc) is 3.90. The number of nitrogens with one attached hydrogen (secondary N) is 3. The standard InChI is InChI=1S/C36H42FN5O6S2/c1-35(16-17-35)50(46,47)41-33(45)36-20-24(36)12-8-3-2-4-9-13-28(38-21-23-10-6-5-7-11-23)32(44)42-22-26(19-29(42)31(43)40-36)48-34-39-27-15-14-25(37)18-30(27)49-34/h5-8,10-12,14-15,18,24,26,28-29,38H,2-4,9,13,16-17,19-22H2,1H3,(H,40,43)(H,41,45)/b12-8-/t24-,26-,28+,29+,36-/m1/s1. The molecule has 2 saturated carbocycles. The number of fused-ring (bicyclic) bond motifs is 3. The quantitative estimate of drug-likeness (QED) is 0.291. The van der Waals surface area contributed by atoms with Crippen LogP contribution >= 0.6 is 11.3 Å². The molecule has 0 radical (unpaired) electrons. The third-order valence-corrected chi connectivity index (χ3v) is 13.5. The third-order valence-electron chi connectivity index (χ3n) is 10.5. The molecule has 5 atom stereocenters. The van der Waals surface area contributed by atoms with Crippen molar-refractivity contribution in [1.29, 1.82) is 0 Å². The highest BCUT2D eigenvalue weighted by atomic mass is 32.2. The smallest absolute Gasteiger partial charge is 0.274 e. The average molecular weight is 724 g/mol. The molecule has 3 amide bonds. The lowest BCUT2D eigenvalue weighted by Gasteiger charge is -2.30. The highest BCUT2D eigenvalue weighted by Gasteiger charge is 2.63. The van der Waals surface area contributed by atoms with Crippen molar-refractivity contribution in [2.75, 3.05) is 6.54 Å². The second-order valence-corrected chi connectivity index (χ2v) is 17.4. The van der Waals surface area contributed by atoms with Gasteiger partial charge in [0.2, 0.25) is 21.8 Å². The van der Waals surface area contributed by atoms with E-state index in [1.807, 2.05) is 42.5 Å². The van der Waals surface area contributed by atoms with E-state index >= 15 is 0 Å². The summed E-state index contributed by atoms with van der Waals surface area (Å²) in [5.41, 5.74) is 0.143. The Balaban J connectivity index is 1.17. The van der Waals surface area contributed by atoms with Gasteiger partial charge in [0, 0.05) is 18.9 Å². The molecular formula is C36H42FN5O6S2. The number of hydrogen-bond acceptors (Lipinski definition) is 9. The molecule has 1 saturated heterocycles. The lowest BCUT2D eigenvalue weighted by molar-refractivity contribution is -0.141. The largest absolute Gasteiger partial charge is 0.465 e. The molecule has 3 heterocycles. The highest BCUT2D eigenvalue weighted by molar-refractivity contribution is 7.91. The van der Waals surface area contributed by atoms with Gasteiger partial charge in [0.05, 0.1) is 27.6 Å². The van der Waals surface area contributed by atoms with Gasteiger partial charge in [-0.15, -0.1) is 0 Å². The van der Waals surface area contributed by atoms with Crippen molar-refractivity contribution < 1.29 is 31.9 Å². The summed E-state index contributed by atoms with van der Waals surface area (Å²) < 4.78 is 48.1. The minimum absolute atomic E-state index is 0.0972. The number of aromatic nitrogens is 1. The molecule has 3 N–H and O–H groups in total. The third kappa shape index (κ3) is 7.15. The van der Waals surface area contributed by atoms with Gasteiger partial charge in [-0.1, -0.05) is 66.7 Å². The highest BCUT2D eigenvalue weighted by Crippen LogP contribution is 2.47. The SMILES string of the molecule is CC1(S(=O)(=O)NC(=O)[C@@]23C[C@H]2/C=C\CCCCC[C@H](NCc2ccccc2)C(=O)N2C[C@H](Oc4nc5ccc(F)cc5s4)C[C@H]2C(=O)N3)CC1. The van der Waals surface area contributed by atoms with Crippen molar-refractivity contribution in [2.45, 2.75) is 99.7 Å². The zero-order chi connectivity index (χ0) is 35.1. The Hall–Kier alpha value is -3.88. The number of carbonyl (C=O) groups excluding carboxylic acids is 3. The van der Waals surface area contributed by atoms with E-state index in [-0.39, 0.29) is 37.0 Å². The number of nitrogens with zero attached hydrogens (tertiary/aromatic N) is 2. The zero-order valence-electron chi connectivity index (χ0n) is 27.9. The van der Waals surface area contributed by atoms with Crippen molar-refractivity contribution in [1.82, 2.24) is 25.2 Å². The Kier molecular flexibility index (Phi) is 9.46. The minimum atomic E-state index is -3.95. The fraction of sp³-hybridized carbons (Fsp3) is 0.500. The lowest BCUT2D eigenvalue weighted by Crippen LogP contribution is -2.58. The van der Waals surface area contributed by atoms with Crippen LogP contribution in [-0.4, -0.2) is 71.0 Å². The van der Waals surface area contributed by atoms with Gasteiger partial charge in [-0.05, 0) is 69.2 Å². The van der Waals surface area contributed by atoms with Gasteiger partial charge >= 0.3 is 0 Å². The number of carbonyl (C=O) groups is 3. The number of hydrogen-bond donors (Lipinski definition) is 3. The van der Waals surface area contributed by atoms with E-state index in [0.717, 1.165) is 31.2 Å². The van der Waals surface area contributed by atoms with Crippen molar-refractivity contribution in [3.05, 3.63) is 72.1 Å². The molecule has 1 aromatic heterocycles. The first-order chi connectivity index (χ1) is 24.0. The van der Waals surface area contributed by atoms with Crippen LogP contribution in [0.2, 0.25) is 0 Å². The molecule has 14 heteroatoms. The summed E-state index contributed by atoms with van der Waals surface area (Å²) in [6.07, 6.45) is 8.48. The van der Waals surface area contributed by atoms with Crippen LogP contribution in [0.5, 0.6) is 5.19 Å². The number of benzene rings is 2. The molecule has 11 nitrogen and oxygen atoms in total. The molecule has 2 aliphatic heterocycles. The van der Waals surface area contributed by atoms with E-state index in [9.17, 15) is 27.2 Å². The van der Waals surface area contributed by atoms with Crippen LogP contribution in [-0.2, 0) is 31.0 Å². The summed E-state index contributed by atoms with van der Waals surface area (Å²) in [5, 5.41) is 6.64. The van der Waals surface area contributed by atoms with E-state index in [4.69, 9.17) is 4.74 Å². The molecule has 3 fully saturated rings. The molecule has 3 aromatic rings. The van der Waals surface area contributed by atoms with Crippen LogP contribution < -0.4 is 20.1 Å². The summed E-state index contributed by atoms with van der Waals surface area (Å²) >= 11 is 1.18. The van der Waals surface area contributed by atoms with E-state index < -0.39 is 50.3 Å². The number of halogens is 1. The summed E-state index contributed by atoms with van der Waals surface area (Å²) in [6.45, 7) is 2.16. The fourth-order valence-corrected chi connectivity index (χ4v) is 9.13. The maximum absolute atomic E-state index is 14.4. The molecule has 50 heavy (non-hydrogen) atoms. The van der Waals surface area contributed by atoms with Gasteiger partial charge in [-0.3, -0.25) is 19.1 Å². The molecular weight excluding hydrogens is 682 g/mol. The summed E-state index contributed by atoms with van der Waals surface area (Å²) in [4.78, 5) is 48.4. The maximum Gasteiger partial charge on any atom is 0.274 e. The Morgan fingerprint density at radius 1 is 1.14 bits per heavy atom. The molecule has 2 aromatic carbocycles. The van der Waals surface area contributed by atoms with Crippen LogP contribution in [0.3, 0.4) is 0 Å². The monoisotopic (exact) mass is 723 g/mol. The number of sulfonamides is 1. The van der Waals surface area contributed by atoms with Gasteiger partial charge < -0.3 is 20.3 Å². The van der Waals surface area contributed by atoms with Gasteiger partial charge in [0.15, 0.2) is 0 Å². The van der Waals surface area contributed by atoms with Crippen LogP contribution in [0.25, 0.3) is 10.2 Å². The summed E-state index contributed by atoms with van der Waals surface area (Å²) in [6, 6.07) is 12.5. The molecule has 266 valence electrons. The summed E-state index contributed by atoms with van der Waals surface area (Å²) in [5.74, 6) is -2.33. The van der Waals surface area contributed by atoms with E-state index in [0.29, 0.717) is 41.2 Å². The number of ether oxygens (including phenoxy) is 1. The number of allylic oxidation sites excluding steroid dienone is 1. The van der Waals surface area contributed by atoms with E-state index in [1.165, 1.54) is 28.4 Å². The second-order valence-electron chi connectivity index (χ2n) is 14.2. The first kappa shape index (κ1) is 34.6. The van der Waals surface area contributed by atoms with E-state index in [2.05, 4.69) is 20.3 Å². The summed E-state index contributed by atoms with van der Waals surface area (Å²) in [7, 11) is -3.95. The van der Waals surface area contributed by atoms with Gasteiger partial charge in [-0.25, -0.2) is 17.8 Å². The Bertz CT molecular complexity index is 1920. The Morgan fingerprint density at radius 2 is 1.94 bits per heavy atom. The lowest BCUT2D eigenvalue weighted by atomic mass is 10.0. The molecule has 2 aliphatic carbocycles. The zero-order valence-corrected chi connectivity index (χ0v) is 29.5. The van der Waals surface area contributed by atoms with Crippen molar-refractivity contribution >= 4 is 49.3 Å². The minimum Gasteiger partial charge on any atom is -0.465 e. The Morgan fingerprint density at radius 3 is 2.72 bits per heavy atom. The fourth-order valence-electron chi connectivity index (χ4n) is 6.91. The first-order valence-electron chi connectivity index (χ1n) is 17.3. The molecule has 0 unspecified atom stereocenters. The van der Waals surface area contributed by atoms with Gasteiger partial charge in [0.1, 0.15) is 23.5 Å². The predicted molar refractivity (Wildman–Crippen MR) is 187 cm³/mol. The van der Waals surface area contributed by atoms with Crippen molar-refractivity contribution in [2.24, 2.45) is 5.92 Å². The van der Waals surface area contributed by atoms with Crippen LogP contribution in [0.4, 0.5) is 4.39 Å². The molecule has 4 aliphatic rings. The number of amides is 3. The van der Waals surface area contributed by atoms with Crippen LogP contribution in [0, 0.1) is 11.7 Å². The number of thiazole rings is 1. The van der Waals surface area contributed by atoms with Crippen LogP contribution in [0.1, 0.15) is 70.3 Å². The maximum atomic E-state index is 14.4. The Labute approximate surface area is 295 Å². The normalized spacial score (nSPS) is 28.8. The second kappa shape index (κ2) is 13.7. The van der Waals surface area contributed by atoms with Gasteiger partial charge in [-0.2, -0.15) is 0 Å². The molecule has 0 bridgehead atoms. The van der Waals surface area contributed by atoms with Crippen molar-refractivity contribution in [3.63, 3.8) is 0 Å². The molecule has 7 rings (SSSR count). The predicted octanol–water partition coefficient (Wildman–Crippen LogP) is 4.34. The molecule has 0 spiro atoms. The van der Waals surface area contributed by atoms with Gasteiger partial charge in [0.25, 0.3) is 11.1 Å². The first-order valence-corrected chi connectivity index (χ1v) is 19.6. The van der Waals surface area contributed by atoms with Crippen LogP contribution in [0.15, 0.2) is 60.7 Å².